The number of ether oxygens (including phenoxy) is 1. The fourth-order valence-corrected chi connectivity index (χ4v) is 3.17. The highest BCUT2D eigenvalue weighted by atomic mass is 19.1. The molecule has 0 fully saturated rings. The third-order valence-corrected chi connectivity index (χ3v) is 4.58. The van der Waals surface area contributed by atoms with Gasteiger partial charge in [0.25, 0.3) is 5.91 Å². The highest BCUT2D eigenvalue weighted by Crippen LogP contribution is 2.30. The van der Waals surface area contributed by atoms with Crippen LogP contribution in [0.3, 0.4) is 0 Å². The number of amides is 1. The van der Waals surface area contributed by atoms with E-state index in [1.54, 1.807) is 36.4 Å². The van der Waals surface area contributed by atoms with Crippen LogP contribution in [-0.4, -0.2) is 23.5 Å². The number of rotatable bonds is 5. The lowest BCUT2D eigenvalue weighted by atomic mass is 10.1. The zero-order valence-electron chi connectivity index (χ0n) is 16.2. The van der Waals surface area contributed by atoms with E-state index in [0.717, 1.165) is 11.3 Å². The number of aromatic hydroxyl groups is 1. The number of halogens is 1. The molecule has 0 radical (unpaired) electrons. The first-order chi connectivity index (χ1) is 14.6. The summed E-state index contributed by atoms with van der Waals surface area (Å²) in [5.74, 6) is 0.141. The Balaban J connectivity index is 1.77. The molecular formula is C24H19FN2O3. The Morgan fingerprint density at radius 2 is 1.73 bits per heavy atom. The summed E-state index contributed by atoms with van der Waals surface area (Å²) in [4.78, 5) is 19.0. The molecule has 0 aromatic heterocycles. The van der Waals surface area contributed by atoms with Crippen molar-refractivity contribution in [3.63, 3.8) is 0 Å². The van der Waals surface area contributed by atoms with Gasteiger partial charge in [0.05, 0.1) is 17.9 Å². The molecule has 4 rings (SSSR count). The van der Waals surface area contributed by atoms with E-state index >= 15 is 0 Å². The van der Waals surface area contributed by atoms with Crippen molar-refractivity contribution in [1.82, 2.24) is 0 Å². The Kier molecular flexibility index (Phi) is 5.30. The van der Waals surface area contributed by atoms with Crippen LogP contribution < -0.4 is 9.64 Å². The number of anilines is 1. The van der Waals surface area contributed by atoms with Crippen LogP contribution in [0.1, 0.15) is 18.1 Å². The summed E-state index contributed by atoms with van der Waals surface area (Å²) in [5, 5.41) is 9.58. The quantitative estimate of drug-likeness (QED) is 0.626. The van der Waals surface area contributed by atoms with Gasteiger partial charge in [-0.25, -0.2) is 9.38 Å². The summed E-state index contributed by atoms with van der Waals surface area (Å²) >= 11 is 0. The van der Waals surface area contributed by atoms with Gasteiger partial charge in [0.2, 0.25) is 0 Å². The molecule has 1 heterocycles. The van der Waals surface area contributed by atoms with Gasteiger partial charge in [-0.05, 0) is 67.1 Å². The first-order valence-corrected chi connectivity index (χ1v) is 9.48. The minimum absolute atomic E-state index is 0.0694. The number of carbonyl (C=O) groups excluding carboxylic acids is 1. The van der Waals surface area contributed by atoms with Crippen molar-refractivity contribution in [2.75, 3.05) is 11.5 Å². The third-order valence-electron chi connectivity index (χ3n) is 4.58. The average molecular weight is 402 g/mol. The van der Waals surface area contributed by atoms with Gasteiger partial charge in [0.1, 0.15) is 23.0 Å². The molecule has 0 unspecified atom stereocenters. The maximum absolute atomic E-state index is 14.5. The number of aliphatic imine (C=N–C) groups is 1. The first-order valence-electron chi connectivity index (χ1n) is 9.48. The van der Waals surface area contributed by atoms with Crippen molar-refractivity contribution in [2.45, 2.75) is 6.92 Å². The van der Waals surface area contributed by atoms with Gasteiger partial charge in [-0.1, -0.05) is 24.3 Å². The fraction of sp³-hybridized carbons (Fsp3) is 0.0833. The topological polar surface area (TPSA) is 62.1 Å². The van der Waals surface area contributed by atoms with Crippen molar-refractivity contribution in [3.05, 3.63) is 95.4 Å². The van der Waals surface area contributed by atoms with Crippen molar-refractivity contribution in [3.8, 4) is 11.5 Å². The highest BCUT2D eigenvalue weighted by Gasteiger charge is 2.33. The van der Waals surface area contributed by atoms with E-state index in [0.29, 0.717) is 12.3 Å². The maximum atomic E-state index is 14.5. The summed E-state index contributed by atoms with van der Waals surface area (Å²) in [7, 11) is 0. The normalized spacial score (nSPS) is 14.9. The molecule has 0 saturated carbocycles. The summed E-state index contributed by atoms with van der Waals surface area (Å²) in [6.07, 6.45) is 1.65. The van der Waals surface area contributed by atoms with Gasteiger partial charge in [-0.3, -0.25) is 9.69 Å². The molecule has 1 amide bonds. The zero-order chi connectivity index (χ0) is 21.1. The number of carbonyl (C=O) groups is 1. The second-order valence-electron chi connectivity index (χ2n) is 6.60. The summed E-state index contributed by atoms with van der Waals surface area (Å²) in [6, 6.07) is 19.6. The molecule has 0 aliphatic carbocycles. The van der Waals surface area contributed by atoms with Crippen LogP contribution >= 0.6 is 0 Å². The second-order valence-corrected chi connectivity index (χ2v) is 6.60. The lowest BCUT2D eigenvalue weighted by Gasteiger charge is -2.18. The van der Waals surface area contributed by atoms with Crippen molar-refractivity contribution in [1.29, 1.82) is 0 Å². The van der Waals surface area contributed by atoms with E-state index in [9.17, 15) is 14.3 Å². The monoisotopic (exact) mass is 402 g/mol. The predicted octanol–water partition coefficient (Wildman–Crippen LogP) is 4.76. The lowest BCUT2D eigenvalue weighted by molar-refractivity contribution is -0.113. The summed E-state index contributed by atoms with van der Waals surface area (Å²) < 4.78 is 19.9. The standard InChI is InChI=1S/C24H19FN2O3/c1-2-30-19-13-7-16(8-14-19)15-22-24(29)27(17-9-11-18(28)12-10-17)23(26-22)20-5-3-4-6-21(20)25/h3-15,28H,2H2,1H3/b22-15+. The maximum Gasteiger partial charge on any atom is 0.282 e. The van der Waals surface area contributed by atoms with Crippen molar-refractivity contribution < 1.29 is 19.0 Å². The van der Waals surface area contributed by atoms with Crippen LogP contribution in [0.15, 0.2) is 83.5 Å². The Morgan fingerprint density at radius 1 is 1.03 bits per heavy atom. The number of nitrogens with zero attached hydrogens (tertiary/aromatic N) is 2. The summed E-state index contributed by atoms with van der Waals surface area (Å²) in [6.45, 7) is 2.47. The largest absolute Gasteiger partial charge is 0.508 e. The van der Waals surface area contributed by atoms with E-state index in [1.807, 2.05) is 31.2 Å². The van der Waals surface area contributed by atoms with Crippen LogP contribution in [0.25, 0.3) is 6.08 Å². The van der Waals surface area contributed by atoms with E-state index in [2.05, 4.69) is 4.99 Å². The molecule has 1 aliphatic rings. The number of phenols is 1. The van der Waals surface area contributed by atoms with Gasteiger partial charge in [0, 0.05) is 0 Å². The van der Waals surface area contributed by atoms with Gasteiger partial charge < -0.3 is 9.84 Å². The molecule has 0 saturated heterocycles. The van der Waals surface area contributed by atoms with E-state index < -0.39 is 5.82 Å². The van der Waals surface area contributed by atoms with E-state index in [4.69, 9.17) is 4.74 Å². The molecule has 3 aromatic rings. The van der Waals surface area contributed by atoms with Gasteiger partial charge in [0.15, 0.2) is 5.84 Å². The van der Waals surface area contributed by atoms with Crippen LogP contribution in [0, 0.1) is 5.82 Å². The van der Waals surface area contributed by atoms with Crippen LogP contribution in [0.5, 0.6) is 11.5 Å². The molecule has 0 bridgehead atoms. The average Bonchev–Trinajstić information content (AvgIpc) is 3.06. The van der Waals surface area contributed by atoms with Gasteiger partial charge in [-0.2, -0.15) is 0 Å². The number of amidine groups is 1. The molecule has 0 spiro atoms. The second kappa shape index (κ2) is 8.21. The molecular weight excluding hydrogens is 383 g/mol. The first kappa shape index (κ1) is 19.4. The Bertz CT molecular complexity index is 1140. The van der Waals surface area contributed by atoms with Gasteiger partial charge >= 0.3 is 0 Å². The number of hydrogen-bond acceptors (Lipinski definition) is 4. The number of phenolic OH excluding ortho intramolecular Hbond substituents is 1. The minimum Gasteiger partial charge on any atom is -0.508 e. The molecule has 30 heavy (non-hydrogen) atoms. The predicted molar refractivity (Wildman–Crippen MR) is 114 cm³/mol. The van der Waals surface area contributed by atoms with Crippen molar-refractivity contribution in [2.24, 2.45) is 4.99 Å². The Labute approximate surface area is 173 Å². The number of benzene rings is 3. The SMILES string of the molecule is CCOc1ccc(/C=C2/N=C(c3ccccc3F)N(c3ccc(O)cc3)C2=O)cc1. The zero-order valence-corrected chi connectivity index (χ0v) is 16.2. The third kappa shape index (κ3) is 3.80. The molecule has 1 aliphatic heterocycles. The molecule has 6 heteroatoms. The molecule has 5 nitrogen and oxygen atoms in total. The van der Waals surface area contributed by atoms with Crippen LogP contribution in [0.4, 0.5) is 10.1 Å². The highest BCUT2D eigenvalue weighted by molar-refractivity contribution is 6.33. The smallest absolute Gasteiger partial charge is 0.282 e. The molecule has 3 aromatic carbocycles. The van der Waals surface area contributed by atoms with E-state index in [1.165, 1.54) is 23.1 Å². The van der Waals surface area contributed by atoms with Gasteiger partial charge in [-0.15, -0.1) is 0 Å². The molecule has 150 valence electrons. The fourth-order valence-electron chi connectivity index (χ4n) is 3.17. The Hall–Kier alpha value is -3.93. The lowest BCUT2D eigenvalue weighted by Crippen LogP contribution is -2.33. The molecule has 0 atom stereocenters. The minimum atomic E-state index is -0.477. The summed E-state index contributed by atoms with van der Waals surface area (Å²) in [5.41, 5.74) is 1.65. The Morgan fingerprint density at radius 3 is 2.40 bits per heavy atom. The van der Waals surface area contributed by atoms with E-state index in [-0.39, 0.29) is 28.8 Å². The van der Waals surface area contributed by atoms with Crippen LogP contribution in [0.2, 0.25) is 0 Å². The van der Waals surface area contributed by atoms with Crippen molar-refractivity contribution >= 4 is 23.5 Å². The molecule has 1 N–H and O–H groups in total. The van der Waals surface area contributed by atoms with Crippen LogP contribution in [-0.2, 0) is 4.79 Å². The number of hydrogen-bond donors (Lipinski definition) is 1.